The van der Waals surface area contributed by atoms with E-state index in [9.17, 15) is 4.39 Å². The van der Waals surface area contributed by atoms with E-state index in [2.05, 4.69) is 20.7 Å². The van der Waals surface area contributed by atoms with Crippen LogP contribution in [0.25, 0.3) is 0 Å². The van der Waals surface area contributed by atoms with E-state index in [1.165, 1.54) is 11.6 Å². The zero-order chi connectivity index (χ0) is 18.1. The van der Waals surface area contributed by atoms with Gasteiger partial charge in [-0.15, -0.1) is 24.0 Å². The monoisotopic (exact) mass is 473 g/mol. The van der Waals surface area contributed by atoms with Crippen LogP contribution in [0.4, 0.5) is 4.39 Å². The van der Waals surface area contributed by atoms with E-state index in [0.29, 0.717) is 0 Å². The zero-order valence-corrected chi connectivity index (χ0v) is 18.1. The lowest BCUT2D eigenvalue weighted by Gasteiger charge is -2.12. The number of rotatable bonds is 8. The second kappa shape index (κ2) is 11.9. The zero-order valence-electron chi connectivity index (χ0n) is 15.8. The van der Waals surface area contributed by atoms with Gasteiger partial charge in [0.15, 0.2) is 5.96 Å². The maximum atomic E-state index is 13.1. The first kappa shape index (κ1) is 22.4. The summed E-state index contributed by atoms with van der Waals surface area (Å²) in [7, 11) is 0. The van der Waals surface area contributed by atoms with Gasteiger partial charge in [-0.1, -0.05) is 6.07 Å². The number of benzene rings is 1. The predicted octanol–water partition coefficient (Wildman–Crippen LogP) is 3.44. The lowest BCUT2D eigenvalue weighted by Crippen LogP contribution is -2.38. The lowest BCUT2D eigenvalue weighted by atomic mass is 10.1. The molecule has 144 valence electrons. The van der Waals surface area contributed by atoms with Gasteiger partial charge in [-0.3, -0.25) is 9.67 Å². The highest BCUT2D eigenvalue weighted by molar-refractivity contribution is 14.0. The summed E-state index contributed by atoms with van der Waals surface area (Å²) in [6.07, 6.45) is 5.68. The topological polar surface area (TPSA) is 54.2 Å². The van der Waals surface area contributed by atoms with Crippen LogP contribution < -0.4 is 10.6 Å². The number of aromatic nitrogens is 2. The van der Waals surface area contributed by atoms with Gasteiger partial charge in [0.05, 0.1) is 6.20 Å². The molecule has 0 unspecified atom stereocenters. The Bertz CT molecular complexity index is 699. The third-order valence-electron chi connectivity index (χ3n) is 3.91. The van der Waals surface area contributed by atoms with Gasteiger partial charge in [0.25, 0.3) is 0 Å². The van der Waals surface area contributed by atoms with Crippen molar-refractivity contribution in [3.63, 3.8) is 0 Å². The molecular formula is C19H29FIN5. The Morgan fingerprint density at radius 1 is 1.27 bits per heavy atom. The van der Waals surface area contributed by atoms with Gasteiger partial charge in [0, 0.05) is 32.4 Å². The first-order chi connectivity index (χ1) is 12.1. The molecule has 0 radical (unpaired) electrons. The number of aliphatic imine (C=N–C) groups is 1. The Kier molecular flexibility index (Phi) is 10.2. The maximum absolute atomic E-state index is 13.1. The first-order valence-corrected chi connectivity index (χ1v) is 8.84. The van der Waals surface area contributed by atoms with Gasteiger partial charge < -0.3 is 10.6 Å². The number of guanidine groups is 1. The van der Waals surface area contributed by atoms with Crippen molar-refractivity contribution in [1.29, 1.82) is 0 Å². The number of halogens is 2. The van der Waals surface area contributed by atoms with Crippen LogP contribution in [0, 0.1) is 19.7 Å². The van der Waals surface area contributed by atoms with Crippen LogP contribution in [0.5, 0.6) is 0 Å². The number of nitrogens with zero attached hydrogens (tertiary/aromatic N) is 3. The van der Waals surface area contributed by atoms with Crippen molar-refractivity contribution in [3.05, 3.63) is 53.1 Å². The molecule has 0 aliphatic rings. The molecule has 0 aliphatic carbocycles. The Morgan fingerprint density at radius 3 is 2.73 bits per heavy atom. The van der Waals surface area contributed by atoms with Crippen LogP contribution in [0.15, 0.2) is 35.6 Å². The van der Waals surface area contributed by atoms with Gasteiger partial charge in [-0.05, 0) is 62.4 Å². The number of aryl methyl sites for hydroxylation is 3. The largest absolute Gasteiger partial charge is 0.357 e. The quantitative estimate of drug-likeness (QED) is 0.267. The van der Waals surface area contributed by atoms with Crippen LogP contribution in [0.2, 0.25) is 0 Å². The molecule has 0 aliphatic heterocycles. The normalized spacial score (nSPS) is 11.2. The van der Waals surface area contributed by atoms with E-state index in [0.717, 1.165) is 56.1 Å². The summed E-state index contributed by atoms with van der Waals surface area (Å²) in [5, 5.41) is 10.9. The molecule has 2 rings (SSSR count). The molecule has 1 aromatic carbocycles. The highest BCUT2D eigenvalue weighted by atomic mass is 127. The highest BCUT2D eigenvalue weighted by Gasteiger charge is 2.02. The van der Waals surface area contributed by atoms with Gasteiger partial charge >= 0.3 is 0 Å². The van der Waals surface area contributed by atoms with E-state index < -0.39 is 0 Å². The third kappa shape index (κ3) is 7.72. The van der Waals surface area contributed by atoms with Gasteiger partial charge in [-0.25, -0.2) is 4.39 Å². The average Bonchev–Trinajstić information content (AvgIpc) is 2.99. The van der Waals surface area contributed by atoms with Crippen LogP contribution in [-0.2, 0) is 13.0 Å². The van der Waals surface area contributed by atoms with Gasteiger partial charge in [0.1, 0.15) is 5.82 Å². The Labute approximate surface area is 172 Å². The molecule has 0 saturated carbocycles. The smallest absolute Gasteiger partial charge is 0.191 e. The molecule has 0 atom stereocenters. The van der Waals surface area contributed by atoms with Crippen molar-refractivity contribution >= 4 is 29.9 Å². The molecule has 1 aromatic heterocycles. The molecule has 7 heteroatoms. The first-order valence-electron chi connectivity index (χ1n) is 8.84. The van der Waals surface area contributed by atoms with Crippen molar-refractivity contribution in [2.75, 3.05) is 19.6 Å². The minimum atomic E-state index is -0.184. The van der Waals surface area contributed by atoms with E-state index in [4.69, 9.17) is 0 Å². The molecule has 0 amide bonds. The predicted molar refractivity (Wildman–Crippen MR) is 116 cm³/mol. The minimum Gasteiger partial charge on any atom is -0.357 e. The summed E-state index contributed by atoms with van der Waals surface area (Å²) in [6.45, 7) is 9.21. The molecule has 0 bridgehead atoms. The SMILES string of the molecule is CCNC(=NCCCn1cc(C)cn1)NCCc1ccc(F)cc1C.I. The summed E-state index contributed by atoms with van der Waals surface area (Å²) in [5.41, 5.74) is 3.31. The van der Waals surface area contributed by atoms with Crippen LogP contribution in [0.1, 0.15) is 30.0 Å². The summed E-state index contributed by atoms with van der Waals surface area (Å²) >= 11 is 0. The fourth-order valence-electron chi connectivity index (χ4n) is 2.61. The molecule has 1 heterocycles. The molecule has 2 N–H and O–H groups in total. The summed E-state index contributed by atoms with van der Waals surface area (Å²) in [6, 6.07) is 4.94. The second-order valence-electron chi connectivity index (χ2n) is 6.14. The third-order valence-corrected chi connectivity index (χ3v) is 3.91. The Hall–Kier alpha value is -1.64. The fourth-order valence-corrected chi connectivity index (χ4v) is 2.61. The van der Waals surface area contributed by atoms with E-state index in [-0.39, 0.29) is 29.8 Å². The Morgan fingerprint density at radius 2 is 2.08 bits per heavy atom. The van der Waals surface area contributed by atoms with Crippen LogP contribution in [0.3, 0.4) is 0 Å². The van der Waals surface area contributed by atoms with E-state index in [1.807, 2.05) is 43.9 Å². The lowest BCUT2D eigenvalue weighted by molar-refractivity contribution is 0.583. The van der Waals surface area contributed by atoms with Crippen LogP contribution >= 0.6 is 24.0 Å². The van der Waals surface area contributed by atoms with Crippen molar-refractivity contribution in [2.45, 2.75) is 40.2 Å². The molecule has 0 fully saturated rings. The minimum absolute atomic E-state index is 0. The molecule has 0 saturated heterocycles. The van der Waals surface area contributed by atoms with E-state index >= 15 is 0 Å². The summed E-state index contributed by atoms with van der Waals surface area (Å²) in [5.74, 6) is 0.635. The maximum Gasteiger partial charge on any atom is 0.191 e. The van der Waals surface area contributed by atoms with Crippen LogP contribution in [-0.4, -0.2) is 35.4 Å². The van der Waals surface area contributed by atoms with Gasteiger partial charge in [-0.2, -0.15) is 5.10 Å². The fraction of sp³-hybridized carbons (Fsp3) is 0.474. The van der Waals surface area contributed by atoms with Crippen molar-refractivity contribution < 1.29 is 4.39 Å². The number of hydrogen-bond acceptors (Lipinski definition) is 2. The molecule has 0 spiro atoms. The van der Waals surface area contributed by atoms with Crippen molar-refractivity contribution in [2.24, 2.45) is 4.99 Å². The summed E-state index contributed by atoms with van der Waals surface area (Å²) < 4.78 is 15.1. The highest BCUT2D eigenvalue weighted by Crippen LogP contribution is 2.10. The van der Waals surface area contributed by atoms with E-state index in [1.54, 1.807) is 6.07 Å². The van der Waals surface area contributed by atoms with Crippen molar-refractivity contribution in [3.8, 4) is 0 Å². The number of hydrogen-bond donors (Lipinski definition) is 2. The summed E-state index contributed by atoms with van der Waals surface area (Å²) in [4.78, 5) is 4.60. The standard InChI is InChI=1S/C19H28FN5.HI/c1-4-21-19(22-9-5-11-25-14-15(2)13-24-25)23-10-8-17-6-7-18(20)12-16(17)3;/h6-7,12-14H,4-5,8-11H2,1-3H3,(H2,21,22,23);1H. The average molecular weight is 473 g/mol. The molecule has 2 aromatic rings. The second-order valence-corrected chi connectivity index (χ2v) is 6.14. The molecular weight excluding hydrogens is 444 g/mol. The van der Waals surface area contributed by atoms with Gasteiger partial charge in [0.2, 0.25) is 0 Å². The number of nitrogens with one attached hydrogen (secondary N) is 2. The molecule has 5 nitrogen and oxygen atoms in total. The Balaban J connectivity index is 0.00000338. The van der Waals surface area contributed by atoms with Crippen molar-refractivity contribution in [1.82, 2.24) is 20.4 Å². The molecule has 26 heavy (non-hydrogen) atoms.